The van der Waals surface area contributed by atoms with Gasteiger partial charge in [-0.2, -0.15) is 5.10 Å². The van der Waals surface area contributed by atoms with E-state index < -0.39 is 0 Å². The Balaban J connectivity index is 1.81. The van der Waals surface area contributed by atoms with Gasteiger partial charge in [0.1, 0.15) is 5.76 Å². The first-order valence-electron chi connectivity index (χ1n) is 5.78. The Morgan fingerprint density at radius 3 is 3.00 bits per heavy atom. The molecule has 0 aliphatic heterocycles. The Hall–Kier alpha value is -2.57. The average Bonchev–Trinajstić information content (AvgIpc) is 2.99. The number of amides is 1. The summed E-state index contributed by atoms with van der Waals surface area (Å²) < 4.78 is 5.02. The van der Waals surface area contributed by atoms with Gasteiger partial charge >= 0.3 is 0 Å². The van der Waals surface area contributed by atoms with Crippen molar-refractivity contribution in [1.29, 1.82) is 0 Å². The van der Waals surface area contributed by atoms with Gasteiger partial charge in [-0.1, -0.05) is 0 Å². The van der Waals surface area contributed by atoms with Crippen LogP contribution < -0.4 is 11.0 Å². The molecule has 1 amide bonds. The number of furan rings is 1. The number of hydrogen-bond donors (Lipinski definition) is 3. The van der Waals surface area contributed by atoms with Crippen LogP contribution in [0, 0.1) is 6.92 Å². The SMILES string of the molecule is Cc1[nH][nH]c(=O)c1CCC(=O)N/N=C/c1ccco1. The van der Waals surface area contributed by atoms with Crippen LogP contribution in [0.4, 0.5) is 0 Å². The van der Waals surface area contributed by atoms with Gasteiger partial charge in [0, 0.05) is 17.7 Å². The van der Waals surface area contributed by atoms with E-state index in [1.165, 1.54) is 12.5 Å². The first-order valence-corrected chi connectivity index (χ1v) is 5.78. The first kappa shape index (κ1) is 12.9. The standard InChI is InChI=1S/C12H14N4O3/c1-8-10(12(18)16-14-8)4-5-11(17)15-13-7-9-3-2-6-19-9/h2-3,6-7H,4-5H2,1H3,(H,15,17)(H2,14,16,18)/b13-7+. The molecule has 7 heteroatoms. The number of carbonyl (C=O) groups is 1. The highest BCUT2D eigenvalue weighted by molar-refractivity contribution is 5.80. The molecule has 3 N–H and O–H groups in total. The normalized spacial score (nSPS) is 11.0. The molecule has 0 aliphatic carbocycles. The summed E-state index contributed by atoms with van der Waals surface area (Å²) in [5.74, 6) is 0.293. The second-order valence-electron chi connectivity index (χ2n) is 3.99. The van der Waals surface area contributed by atoms with E-state index in [0.29, 0.717) is 17.7 Å². The van der Waals surface area contributed by atoms with Crippen molar-refractivity contribution < 1.29 is 9.21 Å². The Kier molecular flexibility index (Phi) is 3.97. The van der Waals surface area contributed by atoms with Gasteiger partial charge < -0.3 is 9.52 Å². The maximum absolute atomic E-state index is 11.5. The Morgan fingerprint density at radius 2 is 2.37 bits per heavy atom. The van der Waals surface area contributed by atoms with Gasteiger partial charge in [0.15, 0.2) is 0 Å². The summed E-state index contributed by atoms with van der Waals surface area (Å²) in [4.78, 5) is 22.9. The third-order valence-corrected chi connectivity index (χ3v) is 2.62. The zero-order chi connectivity index (χ0) is 13.7. The molecule has 19 heavy (non-hydrogen) atoms. The number of rotatable bonds is 5. The third-order valence-electron chi connectivity index (χ3n) is 2.62. The number of aryl methyl sites for hydroxylation is 1. The van der Waals surface area contributed by atoms with Crippen molar-refractivity contribution in [2.45, 2.75) is 19.8 Å². The molecule has 7 nitrogen and oxygen atoms in total. The average molecular weight is 262 g/mol. The van der Waals surface area contributed by atoms with Crippen LogP contribution in [-0.4, -0.2) is 22.3 Å². The van der Waals surface area contributed by atoms with Crippen LogP contribution in [0.2, 0.25) is 0 Å². The maximum Gasteiger partial charge on any atom is 0.267 e. The first-order chi connectivity index (χ1) is 9.16. The number of aromatic nitrogens is 2. The lowest BCUT2D eigenvalue weighted by atomic mass is 10.1. The molecule has 0 atom stereocenters. The smallest absolute Gasteiger partial charge is 0.267 e. The zero-order valence-corrected chi connectivity index (χ0v) is 10.4. The van der Waals surface area contributed by atoms with Crippen LogP contribution in [0.3, 0.4) is 0 Å². The van der Waals surface area contributed by atoms with Crippen molar-refractivity contribution in [3.05, 3.63) is 45.8 Å². The third kappa shape index (κ3) is 3.44. The topological polar surface area (TPSA) is 103 Å². The lowest BCUT2D eigenvalue weighted by molar-refractivity contribution is -0.121. The molecule has 0 saturated carbocycles. The van der Waals surface area contributed by atoms with Crippen molar-refractivity contribution in [2.24, 2.45) is 5.10 Å². The number of carbonyl (C=O) groups excluding carboxylic acids is 1. The minimum atomic E-state index is -0.261. The van der Waals surface area contributed by atoms with Crippen LogP contribution in [0.5, 0.6) is 0 Å². The van der Waals surface area contributed by atoms with Crippen LogP contribution in [0.25, 0.3) is 0 Å². The molecular formula is C12H14N4O3. The molecule has 0 aromatic carbocycles. The number of aromatic amines is 2. The van der Waals surface area contributed by atoms with Crippen molar-refractivity contribution in [1.82, 2.24) is 15.6 Å². The van der Waals surface area contributed by atoms with Crippen LogP contribution in [-0.2, 0) is 11.2 Å². The van der Waals surface area contributed by atoms with E-state index in [4.69, 9.17) is 4.42 Å². The Morgan fingerprint density at radius 1 is 1.53 bits per heavy atom. The summed E-state index contributed by atoms with van der Waals surface area (Å²) in [6, 6.07) is 3.45. The van der Waals surface area contributed by atoms with E-state index in [-0.39, 0.29) is 17.9 Å². The number of hydrogen-bond acceptors (Lipinski definition) is 4. The molecular weight excluding hydrogens is 248 g/mol. The van der Waals surface area contributed by atoms with Crippen LogP contribution in [0.1, 0.15) is 23.4 Å². The predicted octanol–water partition coefficient (Wildman–Crippen LogP) is 0.687. The molecule has 0 aliphatic rings. The van der Waals surface area contributed by atoms with Crippen LogP contribution >= 0.6 is 0 Å². The maximum atomic E-state index is 11.5. The quantitative estimate of drug-likeness (QED) is 0.545. The van der Waals surface area contributed by atoms with Crippen molar-refractivity contribution >= 4 is 12.1 Å². The van der Waals surface area contributed by atoms with Crippen molar-refractivity contribution in [3.8, 4) is 0 Å². The Labute approximate surface area is 108 Å². The Bertz CT molecular complexity index is 622. The van der Waals surface area contributed by atoms with Crippen molar-refractivity contribution in [3.63, 3.8) is 0 Å². The lowest BCUT2D eigenvalue weighted by Crippen LogP contribution is -2.19. The minimum Gasteiger partial charge on any atom is -0.463 e. The number of H-pyrrole nitrogens is 2. The molecule has 0 saturated heterocycles. The molecule has 2 heterocycles. The predicted molar refractivity (Wildman–Crippen MR) is 68.9 cm³/mol. The lowest BCUT2D eigenvalue weighted by Gasteiger charge is -1.98. The van der Waals surface area contributed by atoms with E-state index in [1.807, 2.05) is 0 Å². The van der Waals surface area contributed by atoms with Gasteiger partial charge in [-0.15, -0.1) is 0 Å². The minimum absolute atomic E-state index is 0.190. The summed E-state index contributed by atoms with van der Waals surface area (Å²) in [7, 11) is 0. The van der Waals surface area contributed by atoms with E-state index in [1.54, 1.807) is 19.1 Å². The summed E-state index contributed by atoms with van der Waals surface area (Å²) in [5.41, 5.74) is 3.52. The van der Waals surface area contributed by atoms with E-state index in [2.05, 4.69) is 20.7 Å². The number of nitrogens with one attached hydrogen (secondary N) is 3. The molecule has 100 valence electrons. The molecule has 2 aromatic rings. The molecule has 0 unspecified atom stereocenters. The van der Waals surface area contributed by atoms with Crippen LogP contribution in [0.15, 0.2) is 32.7 Å². The highest BCUT2D eigenvalue weighted by Crippen LogP contribution is 2.01. The number of hydrazone groups is 1. The zero-order valence-electron chi connectivity index (χ0n) is 10.4. The fourth-order valence-corrected chi connectivity index (χ4v) is 1.60. The van der Waals surface area contributed by atoms with Gasteiger partial charge in [-0.25, -0.2) is 5.43 Å². The molecule has 0 spiro atoms. The fourth-order valence-electron chi connectivity index (χ4n) is 1.60. The highest BCUT2D eigenvalue weighted by Gasteiger charge is 2.08. The van der Waals surface area contributed by atoms with E-state index in [9.17, 15) is 9.59 Å². The van der Waals surface area contributed by atoms with Gasteiger partial charge in [0.05, 0.1) is 12.5 Å². The second-order valence-corrected chi connectivity index (χ2v) is 3.99. The summed E-state index contributed by atoms with van der Waals surface area (Å²) >= 11 is 0. The van der Waals surface area contributed by atoms with Gasteiger partial charge in [0.25, 0.3) is 5.56 Å². The molecule has 0 radical (unpaired) electrons. The van der Waals surface area contributed by atoms with Gasteiger partial charge in [-0.05, 0) is 25.5 Å². The van der Waals surface area contributed by atoms with E-state index >= 15 is 0 Å². The summed E-state index contributed by atoms with van der Waals surface area (Å²) in [6.07, 6.45) is 3.49. The largest absolute Gasteiger partial charge is 0.463 e. The molecule has 0 bridgehead atoms. The summed E-state index contributed by atoms with van der Waals surface area (Å²) in [6.45, 7) is 1.78. The van der Waals surface area contributed by atoms with Gasteiger partial charge in [-0.3, -0.25) is 14.7 Å². The molecule has 2 rings (SSSR count). The molecule has 0 fully saturated rings. The summed E-state index contributed by atoms with van der Waals surface area (Å²) in [5, 5.41) is 8.93. The molecule has 2 aromatic heterocycles. The van der Waals surface area contributed by atoms with Gasteiger partial charge in [0.2, 0.25) is 5.91 Å². The number of nitrogens with zero attached hydrogens (tertiary/aromatic N) is 1. The highest BCUT2D eigenvalue weighted by atomic mass is 16.3. The van der Waals surface area contributed by atoms with E-state index in [0.717, 1.165) is 5.69 Å². The fraction of sp³-hybridized carbons (Fsp3) is 0.250. The second kappa shape index (κ2) is 5.85. The monoisotopic (exact) mass is 262 g/mol. The van der Waals surface area contributed by atoms with Crippen molar-refractivity contribution in [2.75, 3.05) is 0 Å².